The molecule has 2 aliphatic heterocycles. The maximum atomic E-state index is 12.8. The van der Waals surface area contributed by atoms with Crippen LogP contribution in [0.15, 0.2) is 41.3 Å². The van der Waals surface area contributed by atoms with Crippen LogP contribution in [-0.4, -0.2) is 68.5 Å². The predicted octanol–water partition coefficient (Wildman–Crippen LogP) is 2.13. The second-order valence-electron chi connectivity index (χ2n) is 8.59. The Morgan fingerprint density at radius 1 is 1.21 bits per heavy atom. The molecular weight excluding hydrogens is 468 g/mol. The van der Waals surface area contributed by atoms with Gasteiger partial charge in [0.1, 0.15) is 18.5 Å². The highest BCUT2D eigenvalue weighted by atomic mass is 35.5. The molecule has 2 heterocycles. The topological polar surface area (TPSA) is 116 Å². The van der Waals surface area contributed by atoms with Crippen LogP contribution in [0.5, 0.6) is 5.75 Å². The SMILES string of the molecule is CS(=O)(=O)c1ccc(OCCN2CCC3(CC2)C(=O)Nc2ccc(Cl)cc23)cc1C(O)CO. The molecule has 1 amide bonds. The fourth-order valence-corrected chi connectivity index (χ4v) is 5.76. The molecule has 1 saturated heterocycles. The Morgan fingerprint density at radius 3 is 2.61 bits per heavy atom. The van der Waals surface area contributed by atoms with E-state index in [0.29, 0.717) is 36.8 Å². The van der Waals surface area contributed by atoms with Gasteiger partial charge in [-0.05, 0) is 67.9 Å². The van der Waals surface area contributed by atoms with Gasteiger partial charge in [-0.15, -0.1) is 0 Å². The molecule has 0 aliphatic carbocycles. The lowest BCUT2D eigenvalue weighted by Gasteiger charge is -2.38. The second kappa shape index (κ2) is 9.23. The number of rotatable bonds is 7. The smallest absolute Gasteiger partial charge is 0.235 e. The molecule has 33 heavy (non-hydrogen) atoms. The first kappa shape index (κ1) is 24.0. The number of benzene rings is 2. The highest BCUT2D eigenvalue weighted by Gasteiger charge is 2.48. The van der Waals surface area contributed by atoms with Gasteiger partial charge in [-0.3, -0.25) is 9.69 Å². The molecule has 2 aromatic carbocycles. The summed E-state index contributed by atoms with van der Waals surface area (Å²) in [6.07, 6.45) is 1.10. The van der Waals surface area contributed by atoms with E-state index in [1.54, 1.807) is 12.1 Å². The van der Waals surface area contributed by atoms with E-state index in [1.807, 2.05) is 12.1 Å². The largest absolute Gasteiger partial charge is 0.492 e. The molecule has 10 heteroatoms. The van der Waals surface area contributed by atoms with Crippen molar-refractivity contribution in [3.8, 4) is 5.75 Å². The van der Waals surface area contributed by atoms with Crippen molar-refractivity contribution >= 4 is 33.0 Å². The molecule has 178 valence electrons. The van der Waals surface area contributed by atoms with Crippen molar-refractivity contribution in [3.05, 3.63) is 52.5 Å². The number of nitrogens with one attached hydrogen (secondary N) is 1. The van der Waals surface area contributed by atoms with Crippen LogP contribution in [0.3, 0.4) is 0 Å². The maximum Gasteiger partial charge on any atom is 0.235 e. The van der Waals surface area contributed by atoms with Gasteiger partial charge in [-0.2, -0.15) is 0 Å². The molecule has 8 nitrogen and oxygen atoms in total. The van der Waals surface area contributed by atoms with E-state index >= 15 is 0 Å². The minimum atomic E-state index is -3.56. The van der Waals surface area contributed by atoms with E-state index in [2.05, 4.69) is 10.2 Å². The van der Waals surface area contributed by atoms with E-state index in [4.69, 9.17) is 16.3 Å². The number of likely N-dealkylation sites (tertiary alicyclic amines) is 1. The number of anilines is 1. The monoisotopic (exact) mass is 494 g/mol. The van der Waals surface area contributed by atoms with Crippen LogP contribution in [0, 0.1) is 0 Å². The van der Waals surface area contributed by atoms with Crippen molar-refractivity contribution in [2.24, 2.45) is 0 Å². The molecule has 1 unspecified atom stereocenters. The van der Waals surface area contributed by atoms with Gasteiger partial charge in [0.25, 0.3) is 0 Å². The number of hydrogen-bond donors (Lipinski definition) is 3. The highest BCUT2D eigenvalue weighted by molar-refractivity contribution is 7.90. The summed E-state index contributed by atoms with van der Waals surface area (Å²) >= 11 is 6.17. The van der Waals surface area contributed by atoms with Crippen LogP contribution in [0.4, 0.5) is 5.69 Å². The van der Waals surface area contributed by atoms with Crippen LogP contribution in [-0.2, 0) is 20.0 Å². The number of hydrogen-bond acceptors (Lipinski definition) is 7. The second-order valence-corrected chi connectivity index (χ2v) is 11.0. The van der Waals surface area contributed by atoms with Gasteiger partial charge < -0.3 is 20.3 Å². The zero-order valence-corrected chi connectivity index (χ0v) is 19.8. The van der Waals surface area contributed by atoms with Crippen molar-refractivity contribution in [1.29, 1.82) is 0 Å². The van der Waals surface area contributed by atoms with Crippen LogP contribution < -0.4 is 10.1 Å². The van der Waals surface area contributed by atoms with Gasteiger partial charge in [-0.25, -0.2) is 8.42 Å². The van der Waals surface area contributed by atoms with Crippen molar-refractivity contribution in [2.75, 3.05) is 44.4 Å². The number of nitrogens with zero attached hydrogens (tertiary/aromatic N) is 1. The van der Waals surface area contributed by atoms with Crippen LogP contribution in [0.2, 0.25) is 5.02 Å². The van der Waals surface area contributed by atoms with E-state index in [9.17, 15) is 23.4 Å². The number of sulfone groups is 1. The number of fused-ring (bicyclic) bond motifs is 2. The zero-order chi connectivity index (χ0) is 23.8. The predicted molar refractivity (Wildman–Crippen MR) is 125 cm³/mol. The molecule has 1 spiro atoms. The van der Waals surface area contributed by atoms with Gasteiger partial charge in [0.2, 0.25) is 5.91 Å². The number of ether oxygens (including phenoxy) is 1. The summed E-state index contributed by atoms with van der Waals surface area (Å²) in [5.41, 5.74) is 1.37. The molecule has 1 atom stereocenters. The summed E-state index contributed by atoms with van der Waals surface area (Å²) in [4.78, 5) is 14.9. The molecular formula is C23H27ClN2O6S. The molecule has 0 aromatic heterocycles. The highest BCUT2D eigenvalue weighted by Crippen LogP contribution is 2.45. The van der Waals surface area contributed by atoms with Crippen LogP contribution in [0.1, 0.15) is 30.1 Å². The number of aliphatic hydroxyl groups excluding tert-OH is 2. The maximum absolute atomic E-state index is 12.8. The van der Waals surface area contributed by atoms with Gasteiger partial charge in [0.15, 0.2) is 9.84 Å². The molecule has 3 N–H and O–H groups in total. The first-order valence-corrected chi connectivity index (χ1v) is 13.0. The summed E-state index contributed by atoms with van der Waals surface area (Å²) in [6.45, 7) is 1.85. The van der Waals surface area contributed by atoms with Crippen molar-refractivity contribution in [2.45, 2.75) is 29.3 Å². The average Bonchev–Trinajstić information content (AvgIpc) is 3.04. The standard InChI is InChI=1S/C23H27ClN2O6S/c1-33(30,31)21-5-3-16(13-17(21)20(28)14-27)32-11-10-26-8-6-23(7-9-26)18-12-15(24)2-4-19(18)25-22(23)29/h2-5,12-13,20,27-28H,6-11,14H2,1H3,(H,25,29). The number of amides is 1. The number of carbonyl (C=O) groups is 1. The van der Waals surface area contributed by atoms with Crippen molar-refractivity contribution in [1.82, 2.24) is 4.90 Å². The lowest BCUT2D eigenvalue weighted by Crippen LogP contribution is -2.47. The summed E-state index contributed by atoms with van der Waals surface area (Å²) in [5, 5.41) is 22.9. The van der Waals surface area contributed by atoms with Gasteiger partial charge in [-0.1, -0.05) is 11.6 Å². The quantitative estimate of drug-likeness (QED) is 0.540. The number of carbonyl (C=O) groups excluding carboxylic acids is 1. The van der Waals surface area contributed by atoms with Crippen molar-refractivity contribution < 1.29 is 28.2 Å². The van der Waals surface area contributed by atoms with E-state index in [1.165, 1.54) is 12.1 Å². The molecule has 1 fully saturated rings. The van der Waals surface area contributed by atoms with Gasteiger partial charge in [0, 0.05) is 29.1 Å². The number of piperidine rings is 1. The van der Waals surface area contributed by atoms with Crippen LogP contribution in [0.25, 0.3) is 0 Å². The Labute approximate surface area is 198 Å². The molecule has 2 aromatic rings. The normalized spacial score (nSPS) is 18.7. The fourth-order valence-electron chi connectivity index (χ4n) is 4.65. The molecule has 4 rings (SSSR count). The van der Waals surface area contributed by atoms with Gasteiger partial charge in [0.05, 0.1) is 16.9 Å². The lowest BCUT2D eigenvalue weighted by molar-refractivity contribution is -0.122. The zero-order valence-electron chi connectivity index (χ0n) is 18.3. The third-order valence-electron chi connectivity index (χ3n) is 6.48. The van der Waals surface area contributed by atoms with E-state index < -0.39 is 28.0 Å². The Morgan fingerprint density at radius 2 is 1.94 bits per heavy atom. The van der Waals surface area contributed by atoms with Crippen molar-refractivity contribution in [3.63, 3.8) is 0 Å². The summed E-state index contributed by atoms with van der Waals surface area (Å²) in [5.74, 6) is 0.439. The Bertz CT molecular complexity index is 1160. The van der Waals surface area contributed by atoms with E-state index in [-0.39, 0.29) is 16.4 Å². The fraction of sp³-hybridized carbons (Fsp3) is 0.435. The Balaban J connectivity index is 1.37. The van der Waals surface area contributed by atoms with Crippen LogP contribution >= 0.6 is 11.6 Å². The van der Waals surface area contributed by atoms with Gasteiger partial charge >= 0.3 is 0 Å². The minimum Gasteiger partial charge on any atom is -0.492 e. The minimum absolute atomic E-state index is 0.0246. The first-order valence-electron chi connectivity index (χ1n) is 10.7. The summed E-state index contributed by atoms with van der Waals surface area (Å²) < 4.78 is 29.7. The molecule has 2 aliphatic rings. The Kier molecular flexibility index (Phi) is 6.70. The lowest BCUT2D eigenvalue weighted by atomic mass is 9.73. The molecule has 0 bridgehead atoms. The third-order valence-corrected chi connectivity index (χ3v) is 7.88. The Hall–Kier alpha value is -2.17. The average molecular weight is 495 g/mol. The summed E-state index contributed by atoms with van der Waals surface area (Å²) in [6, 6.07) is 9.88. The molecule has 0 radical (unpaired) electrons. The number of aliphatic hydroxyl groups is 2. The first-order chi connectivity index (χ1) is 15.6. The van der Waals surface area contributed by atoms with E-state index in [0.717, 1.165) is 30.6 Å². The summed E-state index contributed by atoms with van der Waals surface area (Å²) in [7, 11) is -3.56. The molecule has 0 saturated carbocycles. The third kappa shape index (κ3) is 4.74. The number of halogens is 1.